The molecule has 0 amide bonds. The zero-order valence-corrected chi connectivity index (χ0v) is 16.1. The molecule has 142 valence electrons. The van der Waals surface area contributed by atoms with Gasteiger partial charge in [-0.3, -0.25) is 4.79 Å². The van der Waals surface area contributed by atoms with Gasteiger partial charge in [0.15, 0.2) is 0 Å². The number of aromatic nitrogens is 1. The van der Waals surface area contributed by atoms with E-state index in [1.807, 2.05) is 19.1 Å². The summed E-state index contributed by atoms with van der Waals surface area (Å²) >= 11 is 0. The molecule has 2 N–H and O–H groups in total. The van der Waals surface area contributed by atoms with Gasteiger partial charge in [0, 0.05) is 18.2 Å². The van der Waals surface area contributed by atoms with Crippen LogP contribution in [0, 0.1) is 0 Å². The standard InChI is InChI=1S/C20H22N2O4S/c1-3-14-4-8-18(9-5-14)27(24,25)21-11-10-16-12-15-6-7-17(26-2)13-19(15)22-20(16)23/h4-9,12-13,21H,3,10-11H2,1-2H3,(H,22,23). The molecule has 27 heavy (non-hydrogen) atoms. The van der Waals surface area contributed by atoms with Gasteiger partial charge < -0.3 is 9.72 Å². The Kier molecular flexibility index (Phi) is 5.62. The Morgan fingerprint density at radius 3 is 2.48 bits per heavy atom. The molecule has 0 aliphatic carbocycles. The minimum atomic E-state index is -3.60. The number of ether oxygens (including phenoxy) is 1. The van der Waals surface area contributed by atoms with Gasteiger partial charge in [-0.05, 0) is 54.1 Å². The second kappa shape index (κ2) is 7.94. The summed E-state index contributed by atoms with van der Waals surface area (Å²) in [5.41, 5.74) is 2.05. The topological polar surface area (TPSA) is 88.3 Å². The monoisotopic (exact) mass is 386 g/mol. The Labute approximate surface area is 158 Å². The first-order valence-electron chi connectivity index (χ1n) is 8.71. The maximum absolute atomic E-state index is 12.4. The van der Waals surface area contributed by atoms with E-state index in [2.05, 4.69) is 9.71 Å². The summed E-state index contributed by atoms with van der Waals surface area (Å²) in [5.74, 6) is 0.660. The van der Waals surface area contributed by atoms with Crippen LogP contribution in [0.2, 0.25) is 0 Å². The van der Waals surface area contributed by atoms with Gasteiger partial charge in [-0.25, -0.2) is 13.1 Å². The summed E-state index contributed by atoms with van der Waals surface area (Å²) in [7, 11) is -2.03. The average Bonchev–Trinajstić information content (AvgIpc) is 2.68. The molecule has 1 heterocycles. The number of aryl methyl sites for hydroxylation is 1. The van der Waals surface area contributed by atoms with Crippen molar-refractivity contribution in [2.24, 2.45) is 0 Å². The molecule has 6 nitrogen and oxygen atoms in total. The molecule has 3 rings (SSSR count). The molecule has 2 aromatic carbocycles. The third-order valence-electron chi connectivity index (χ3n) is 4.46. The summed E-state index contributed by atoms with van der Waals surface area (Å²) in [6.45, 7) is 2.15. The maximum atomic E-state index is 12.4. The lowest BCUT2D eigenvalue weighted by Gasteiger charge is -2.08. The van der Waals surface area contributed by atoms with E-state index in [0.29, 0.717) is 23.3 Å². The number of sulfonamides is 1. The number of fused-ring (bicyclic) bond motifs is 1. The number of pyridine rings is 1. The Balaban J connectivity index is 1.72. The highest BCUT2D eigenvalue weighted by atomic mass is 32.2. The van der Waals surface area contributed by atoms with E-state index in [1.165, 1.54) is 0 Å². The van der Waals surface area contributed by atoms with Gasteiger partial charge >= 0.3 is 0 Å². The van der Waals surface area contributed by atoms with Crippen molar-refractivity contribution in [2.45, 2.75) is 24.7 Å². The molecule has 0 aliphatic rings. The lowest BCUT2D eigenvalue weighted by atomic mass is 10.1. The Morgan fingerprint density at radius 1 is 1.07 bits per heavy atom. The number of methoxy groups -OCH3 is 1. The van der Waals surface area contributed by atoms with Crippen LogP contribution in [0.4, 0.5) is 0 Å². The van der Waals surface area contributed by atoms with E-state index in [-0.39, 0.29) is 17.0 Å². The smallest absolute Gasteiger partial charge is 0.251 e. The molecule has 0 radical (unpaired) electrons. The first-order chi connectivity index (χ1) is 12.9. The molecule has 3 aromatic rings. The van der Waals surface area contributed by atoms with E-state index in [0.717, 1.165) is 17.4 Å². The molecule has 0 unspecified atom stereocenters. The van der Waals surface area contributed by atoms with Gasteiger partial charge in [-0.1, -0.05) is 19.1 Å². The third kappa shape index (κ3) is 4.37. The van der Waals surface area contributed by atoms with E-state index in [9.17, 15) is 13.2 Å². The SMILES string of the molecule is CCc1ccc(S(=O)(=O)NCCc2cc3ccc(OC)cc3[nH]c2=O)cc1. The molecular formula is C20H22N2O4S. The van der Waals surface area contributed by atoms with E-state index >= 15 is 0 Å². The molecule has 1 aromatic heterocycles. The molecule has 0 saturated carbocycles. The molecular weight excluding hydrogens is 364 g/mol. The van der Waals surface area contributed by atoms with Gasteiger partial charge in [0.05, 0.1) is 17.5 Å². The van der Waals surface area contributed by atoms with Gasteiger partial charge in [0.2, 0.25) is 10.0 Å². The first-order valence-corrected chi connectivity index (χ1v) is 10.2. The van der Waals surface area contributed by atoms with Crippen molar-refractivity contribution in [3.05, 3.63) is 70.0 Å². The van der Waals surface area contributed by atoms with Crippen molar-refractivity contribution < 1.29 is 13.2 Å². The van der Waals surface area contributed by atoms with Crippen molar-refractivity contribution in [2.75, 3.05) is 13.7 Å². The van der Waals surface area contributed by atoms with E-state index in [4.69, 9.17) is 4.74 Å². The van der Waals surface area contributed by atoms with Crippen molar-refractivity contribution in [1.82, 2.24) is 9.71 Å². The van der Waals surface area contributed by atoms with Gasteiger partial charge in [-0.15, -0.1) is 0 Å². The lowest BCUT2D eigenvalue weighted by molar-refractivity contribution is 0.415. The van der Waals surface area contributed by atoms with Gasteiger partial charge in [-0.2, -0.15) is 0 Å². The van der Waals surface area contributed by atoms with Crippen molar-refractivity contribution in [3.8, 4) is 5.75 Å². The van der Waals surface area contributed by atoms with Crippen molar-refractivity contribution >= 4 is 20.9 Å². The number of rotatable bonds is 7. The van der Waals surface area contributed by atoms with Gasteiger partial charge in [0.25, 0.3) is 5.56 Å². The first kappa shape index (κ1) is 19.1. The molecule has 0 atom stereocenters. The molecule has 0 fully saturated rings. The quantitative estimate of drug-likeness (QED) is 0.653. The number of benzene rings is 2. The zero-order chi connectivity index (χ0) is 19.4. The van der Waals surface area contributed by atoms with Crippen LogP contribution >= 0.6 is 0 Å². The third-order valence-corrected chi connectivity index (χ3v) is 5.94. The number of nitrogens with one attached hydrogen (secondary N) is 2. The van der Waals surface area contributed by atoms with Crippen LogP contribution in [0.25, 0.3) is 10.9 Å². The maximum Gasteiger partial charge on any atom is 0.251 e. The van der Waals surface area contributed by atoms with Crippen LogP contribution in [0.15, 0.2) is 58.2 Å². The summed E-state index contributed by atoms with van der Waals surface area (Å²) < 4.78 is 32.5. The normalized spacial score (nSPS) is 11.6. The summed E-state index contributed by atoms with van der Waals surface area (Å²) in [4.78, 5) is 15.3. The fourth-order valence-electron chi connectivity index (χ4n) is 2.85. The summed E-state index contributed by atoms with van der Waals surface area (Å²) in [6.07, 6.45) is 1.15. The number of hydrogen-bond donors (Lipinski definition) is 2. The Hall–Kier alpha value is -2.64. The van der Waals surface area contributed by atoms with E-state index < -0.39 is 10.0 Å². The molecule has 0 bridgehead atoms. The average molecular weight is 386 g/mol. The molecule has 0 spiro atoms. The summed E-state index contributed by atoms with van der Waals surface area (Å²) in [6, 6.07) is 14.0. The van der Waals surface area contributed by atoms with Crippen LogP contribution in [0.1, 0.15) is 18.1 Å². The van der Waals surface area contributed by atoms with Crippen LogP contribution in [0.3, 0.4) is 0 Å². The Bertz CT molecular complexity index is 1100. The van der Waals surface area contributed by atoms with Crippen molar-refractivity contribution in [1.29, 1.82) is 0 Å². The fraction of sp³-hybridized carbons (Fsp3) is 0.250. The highest BCUT2D eigenvalue weighted by Gasteiger charge is 2.13. The number of hydrogen-bond acceptors (Lipinski definition) is 4. The molecule has 7 heteroatoms. The van der Waals surface area contributed by atoms with Crippen LogP contribution < -0.4 is 15.0 Å². The predicted octanol–water partition coefficient (Wildman–Crippen LogP) is 2.62. The van der Waals surface area contributed by atoms with Crippen LogP contribution in [-0.2, 0) is 22.9 Å². The second-order valence-electron chi connectivity index (χ2n) is 6.22. The van der Waals surface area contributed by atoms with Gasteiger partial charge in [0.1, 0.15) is 5.75 Å². The predicted molar refractivity (Wildman–Crippen MR) is 106 cm³/mol. The van der Waals surface area contributed by atoms with Crippen LogP contribution in [-0.4, -0.2) is 27.1 Å². The minimum Gasteiger partial charge on any atom is -0.497 e. The second-order valence-corrected chi connectivity index (χ2v) is 7.99. The molecule has 0 aliphatic heterocycles. The number of aromatic amines is 1. The molecule has 0 saturated heterocycles. The number of H-pyrrole nitrogens is 1. The minimum absolute atomic E-state index is 0.141. The summed E-state index contributed by atoms with van der Waals surface area (Å²) in [5, 5.41) is 0.864. The van der Waals surface area contributed by atoms with E-state index in [1.54, 1.807) is 43.5 Å². The largest absolute Gasteiger partial charge is 0.497 e. The zero-order valence-electron chi connectivity index (χ0n) is 15.3. The highest BCUT2D eigenvalue weighted by molar-refractivity contribution is 7.89. The lowest BCUT2D eigenvalue weighted by Crippen LogP contribution is -2.27. The fourth-order valence-corrected chi connectivity index (χ4v) is 3.88. The van der Waals surface area contributed by atoms with Crippen LogP contribution in [0.5, 0.6) is 5.75 Å². The van der Waals surface area contributed by atoms with Crippen molar-refractivity contribution in [3.63, 3.8) is 0 Å². The highest BCUT2D eigenvalue weighted by Crippen LogP contribution is 2.18. The Morgan fingerprint density at radius 2 is 1.81 bits per heavy atom.